The molecular weight excluding hydrogens is 382 g/mol. The lowest BCUT2D eigenvalue weighted by molar-refractivity contribution is -0.121. The van der Waals surface area contributed by atoms with Crippen molar-refractivity contribution in [3.05, 3.63) is 48.0 Å². The van der Waals surface area contributed by atoms with Crippen LogP contribution in [0.15, 0.2) is 46.9 Å². The van der Waals surface area contributed by atoms with Gasteiger partial charge in [-0.05, 0) is 43.0 Å². The Hall–Kier alpha value is -3.22. The molecule has 1 atom stereocenters. The lowest BCUT2D eigenvalue weighted by atomic mass is 10.1. The number of carbonyl (C=O) groups excluding carboxylic acids is 1. The number of benzene rings is 2. The molecule has 1 unspecified atom stereocenters. The number of aromatic nitrogens is 1. The minimum Gasteiger partial charge on any atom is -0.497 e. The van der Waals surface area contributed by atoms with Gasteiger partial charge in [0.25, 0.3) is 6.01 Å². The molecular formula is C23H27N3O4. The summed E-state index contributed by atoms with van der Waals surface area (Å²) in [5.41, 5.74) is 2.63. The van der Waals surface area contributed by atoms with Gasteiger partial charge >= 0.3 is 0 Å². The first-order chi connectivity index (χ1) is 14.7. The maximum absolute atomic E-state index is 12.4. The quantitative estimate of drug-likeness (QED) is 0.613. The Morgan fingerprint density at radius 3 is 2.90 bits per heavy atom. The van der Waals surface area contributed by atoms with Crippen molar-refractivity contribution in [1.29, 1.82) is 0 Å². The van der Waals surface area contributed by atoms with E-state index in [1.807, 2.05) is 42.5 Å². The number of rotatable bonds is 8. The van der Waals surface area contributed by atoms with Gasteiger partial charge in [0.15, 0.2) is 5.58 Å². The smallest absolute Gasteiger partial charge is 0.298 e. The van der Waals surface area contributed by atoms with E-state index < -0.39 is 0 Å². The Morgan fingerprint density at radius 2 is 2.10 bits per heavy atom. The SMILES string of the molecule is COc1ccc(CCC(=O)NCC2CCCN2c2nc3ccccc3o2)c(OC)c1. The zero-order valence-electron chi connectivity index (χ0n) is 17.4. The molecule has 1 saturated heterocycles. The topological polar surface area (TPSA) is 76.8 Å². The highest BCUT2D eigenvalue weighted by Crippen LogP contribution is 2.28. The fourth-order valence-electron chi connectivity index (χ4n) is 3.91. The number of methoxy groups -OCH3 is 2. The number of carbonyl (C=O) groups is 1. The zero-order chi connectivity index (χ0) is 20.9. The number of hydrogen-bond acceptors (Lipinski definition) is 6. The maximum Gasteiger partial charge on any atom is 0.298 e. The van der Waals surface area contributed by atoms with Crippen LogP contribution in [-0.4, -0.2) is 44.2 Å². The van der Waals surface area contributed by atoms with Gasteiger partial charge in [-0.2, -0.15) is 4.98 Å². The number of ether oxygens (including phenoxy) is 2. The molecule has 0 spiro atoms. The molecule has 30 heavy (non-hydrogen) atoms. The molecule has 2 heterocycles. The van der Waals surface area contributed by atoms with E-state index >= 15 is 0 Å². The normalized spacial score (nSPS) is 16.1. The second-order valence-corrected chi connectivity index (χ2v) is 7.44. The third kappa shape index (κ3) is 4.35. The summed E-state index contributed by atoms with van der Waals surface area (Å²) in [7, 11) is 3.24. The van der Waals surface area contributed by atoms with E-state index in [0.29, 0.717) is 25.4 Å². The Balaban J connectivity index is 1.32. The number of nitrogens with one attached hydrogen (secondary N) is 1. The first-order valence-corrected chi connectivity index (χ1v) is 10.3. The van der Waals surface area contributed by atoms with Crippen molar-refractivity contribution in [3.8, 4) is 11.5 Å². The lowest BCUT2D eigenvalue weighted by Gasteiger charge is -2.23. The van der Waals surface area contributed by atoms with E-state index in [1.54, 1.807) is 14.2 Å². The Labute approximate surface area is 176 Å². The summed E-state index contributed by atoms with van der Waals surface area (Å²) >= 11 is 0. The third-order valence-corrected chi connectivity index (χ3v) is 5.56. The molecule has 1 aliphatic rings. The Bertz CT molecular complexity index is 984. The van der Waals surface area contributed by atoms with E-state index in [0.717, 1.165) is 47.5 Å². The van der Waals surface area contributed by atoms with Crippen molar-refractivity contribution in [2.75, 3.05) is 32.2 Å². The van der Waals surface area contributed by atoms with E-state index in [2.05, 4.69) is 15.2 Å². The maximum atomic E-state index is 12.4. The molecule has 1 fully saturated rings. The lowest BCUT2D eigenvalue weighted by Crippen LogP contribution is -2.40. The second-order valence-electron chi connectivity index (χ2n) is 7.44. The predicted octanol–water partition coefficient (Wildman–Crippen LogP) is 3.56. The summed E-state index contributed by atoms with van der Waals surface area (Å²) < 4.78 is 16.6. The predicted molar refractivity (Wildman–Crippen MR) is 115 cm³/mol. The molecule has 0 saturated carbocycles. The van der Waals surface area contributed by atoms with Crippen LogP contribution in [0.3, 0.4) is 0 Å². The average molecular weight is 409 g/mol. The Kier molecular flexibility index (Phi) is 6.07. The average Bonchev–Trinajstić information content (AvgIpc) is 3.42. The second kappa shape index (κ2) is 9.07. The summed E-state index contributed by atoms with van der Waals surface area (Å²) in [6.45, 7) is 1.47. The fraction of sp³-hybridized carbons (Fsp3) is 0.391. The molecule has 3 aromatic rings. The van der Waals surface area contributed by atoms with Gasteiger partial charge in [0.2, 0.25) is 5.91 Å². The van der Waals surface area contributed by atoms with Gasteiger partial charge in [0.1, 0.15) is 17.0 Å². The summed E-state index contributed by atoms with van der Waals surface area (Å²) in [5.74, 6) is 1.50. The van der Waals surface area contributed by atoms with Crippen molar-refractivity contribution >= 4 is 23.0 Å². The van der Waals surface area contributed by atoms with Gasteiger partial charge in [-0.25, -0.2) is 0 Å². The minimum absolute atomic E-state index is 0.0253. The van der Waals surface area contributed by atoms with Crippen LogP contribution in [0, 0.1) is 0 Å². The first-order valence-electron chi connectivity index (χ1n) is 10.3. The van der Waals surface area contributed by atoms with Crippen molar-refractivity contribution in [2.45, 2.75) is 31.7 Å². The highest BCUT2D eigenvalue weighted by molar-refractivity contribution is 5.76. The van der Waals surface area contributed by atoms with Crippen LogP contribution < -0.4 is 19.7 Å². The standard InChI is InChI=1S/C23H27N3O4/c1-28-18-11-9-16(21(14-18)29-2)10-12-22(27)24-15-17-6-5-13-26(17)23-25-19-7-3-4-8-20(19)30-23/h3-4,7-9,11,14,17H,5-6,10,12-13,15H2,1-2H3,(H,24,27). The van der Waals surface area contributed by atoms with Gasteiger partial charge < -0.3 is 24.1 Å². The molecule has 0 radical (unpaired) electrons. The Morgan fingerprint density at radius 1 is 1.23 bits per heavy atom. The molecule has 1 aromatic heterocycles. The molecule has 4 rings (SSSR count). The number of oxazole rings is 1. The summed E-state index contributed by atoms with van der Waals surface area (Å²) in [6.07, 6.45) is 3.07. The van der Waals surface area contributed by atoms with E-state index in [1.165, 1.54) is 0 Å². The van der Waals surface area contributed by atoms with Crippen molar-refractivity contribution < 1.29 is 18.7 Å². The summed E-state index contributed by atoms with van der Waals surface area (Å²) in [4.78, 5) is 19.2. The number of para-hydroxylation sites is 2. The molecule has 158 valence electrons. The number of amides is 1. The van der Waals surface area contributed by atoms with Crippen molar-refractivity contribution in [1.82, 2.24) is 10.3 Å². The monoisotopic (exact) mass is 409 g/mol. The molecule has 7 heteroatoms. The molecule has 1 N–H and O–H groups in total. The highest BCUT2D eigenvalue weighted by atomic mass is 16.5. The number of anilines is 1. The summed E-state index contributed by atoms with van der Waals surface area (Å²) in [5, 5.41) is 3.07. The molecule has 0 aliphatic carbocycles. The summed E-state index contributed by atoms with van der Waals surface area (Å²) in [6, 6.07) is 14.3. The van der Waals surface area contributed by atoms with E-state index in [9.17, 15) is 4.79 Å². The van der Waals surface area contributed by atoms with Gasteiger partial charge in [0.05, 0.1) is 20.3 Å². The zero-order valence-corrected chi connectivity index (χ0v) is 17.4. The van der Waals surface area contributed by atoms with Crippen LogP contribution in [0.1, 0.15) is 24.8 Å². The number of hydrogen-bond donors (Lipinski definition) is 1. The van der Waals surface area contributed by atoms with Gasteiger partial charge in [-0.1, -0.05) is 18.2 Å². The van der Waals surface area contributed by atoms with Crippen LogP contribution in [0.2, 0.25) is 0 Å². The fourth-order valence-corrected chi connectivity index (χ4v) is 3.91. The van der Waals surface area contributed by atoms with Crippen LogP contribution in [0.5, 0.6) is 11.5 Å². The largest absolute Gasteiger partial charge is 0.497 e. The number of fused-ring (bicyclic) bond motifs is 1. The van der Waals surface area contributed by atoms with Crippen LogP contribution >= 0.6 is 0 Å². The molecule has 0 bridgehead atoms. The minimum atomic E-state index is 0.0253. The molecule has 2 aromatic carbocycles. The van der Waals surface area contributed by atoms with Gasteiger partial charge in [0, 0.05) is 25.6 Å². The molecule has 1 aliphatic heterocycles. The number of nitrogens with zero attached hydrogens (tertiary/aromatic N) is 2. The van der Waals surface area contributed by atoms with Crippen LogP contribution in [0.4, 0.5) is 6.01 Å². The third-order valence-electron chi connectivity index (χ3n) is 5.56. The van der Waals surface area contributed by atoms with Crippen molar-refractivity contribution in [3.63, 3.8) is 0 Å². The molecule has 1 amide bonds. The van der Waals surface area contributed by atoms with Crippen LogP contribution in [0.25, 0.3) is 11.1 Å². The number of aryl methyl sites for hydroxylation is 1. The highest BCUT2D eigenvalue weighted by Gasteiger charge is 2.28. The van der Waals surface area contributed by atoms with E-state index in [4.69, 9.17) is 13.9 Å². The molecule has 7 nitrogen and oxygen atoms in total. The van der Waals surface area contributed by atoms with Crippen LogP contribution in [-0.2, 0) is 11.2 Å². The first kappa shape index (κ1) is 20.1. The van der Waals surface area contributed by atoms with Crippen molar-refractivity contribution in [2.24, 2.45) is 0 Å². The van der Waals surface area contributed by atoms with E-state index in [-0.39, 0.29) is 11.9 Å². The van der Waals surface area contributed by atoms with Gasteiger partial charge in [-0.15, -0.1) is 0 Å². The van der Waals surface area contributed by atoms with Gasteiger partial charge in [-0.3, -0.25) is 4.79 Å².